The van der Waals surface area contributed by atoms with E-state index in [2.05, 4.69) is 48.4 Å². The zero-order chi connectivity index (χ0) is 15.2. The number of rotatable bonds is 6. The molecule has 0 aliphatic heterocycles. The average molecular weight is 304 g/mol. The summed E-state index contributed by atoms with van der Waals surface area (Å²) in [6.07, 6.45) is 0.354. The molecule has 21 heavy (non-hydrogen) atoms. The lowest BCUT2D eigenvalue weighted by Gasteiger charge is -2.02. The lowest BCUT2D eigenvalue weighted by atomic mass is 10.1. The number of aromatic nitrogens is 1. The minimum Gasteiger partial charge on any atom is -0.466 e. The maximum Gasteiger partial charge on any atom is 0.307 e. The van der Waals surface area contributed by atoms with Crippen molar-refractivity contribution in [2.24, 2.45) is 0 Å². The number of benzene rings is 1. The predicted octanol–water partition coefficient (Wildman–Crippen LogP) is 3.79. The zero-order valence-electron chi connectivity index (χ0n) is 12.6. The van der Waals surface area contributed by atoms with Crippen LogP contribution in [0.5, 0.6) is 0 Å². The van der Waals surface area contributed by atoms with Gasteiger partial charge in [0, 0.05) is 17.0 Å². The van der Waals surface area contributed by atoms with Crippen LogP contribution >= 0.6 is 11.3 Å². The number of carbonyl (C=O) groups excluding carboxylic acids is 1. The molecule has 5 heteroatoms. The van der Waals surface area contributed by atoms with Crippen LogP contribution in [0.25, 0.3) is 11.3 Å². The van der Waals surface area contributed by atoms with Crippen molar-refractivity contribution in [3.05, 3.63) is 34.7 Å². The first-order chi connectivity index (χ1) is 10.1. The number of esters is 1. The average Bonchev–Trinajstić information content (AvgIpc) is 2.81. The molecule has 1 heterocycles. The first kappa shape index (κ1) is 15.5. The third-order valence-corrected chi connectivity index (χ3v) is 3.96. The van der Waals surface area contributed by atoms with Crippen molar-refractivity contribution in [2.45, 2.75) is 27.2 Å². The Kier molecular flexibility index (Phi) is 5.33. The second-order valence-electron chi connectivity index (χ2n) is 4.77. The summed E-state index contributed by atoms with van der Waals surface area (Å²) in [7, 11) is 0. The number of nitrogens with zero attached hydrogens (tertiary/aromatic N) is 1. The van der Waals surface area contributed by atoms with Gasteiger partial charge in [-0.3, -0.25) is 4.79 Å². The van der Waals surface area contributed by atoms with Crippen molar-refractivity contribution in [3.63, 3.8) is 0 Å². The van der Waals surface area contributed by atoms with Gasteiger partial charge in [0.2, 0.25) is 0 Å². The molecule has 0 saturated heterocycles. The fraction of sp³-hybridized carbons (Fsp3) is 0.375. The van der Waals surface area contributed by atoms with Gasteiger partial charge in [-0.2, -0.15) is 0 Å². The van der Waals surface area contributed by atoms with Crippen molar-refractivity contribution in [1.82, 2.24) is 4.98 Å². The highest BCUT2D eigenvalue weighted by Crippen LogP contribution is 2.30. The van der Waals surface area contributed by atoms with E-state index in [1.54, 1.807) is 11.3 Å². The van der Waals surface area contributed by atoms with Gasteiger partial charge in [0.25, 0.3) is 0 Å². The van der Waals surface area contributed by atoms with E-state index < -0.39 is 0 Å². The van der Waals surface area contributed by atoms with E-state index in [0.717, 1.165) is 21.3 Å². The topological polar surface area (TPSA) is 51.2 Å². The number of anilines is 1. The van der Waals surface area contributed by atoms with Gasteiger partial charge in [0.15, 0.2) is 5.13 Å². The summed E-state index contributed by atoms with van der Waals surface area (Å²) in [5.41, 5.74) is 3.35. The molecule has 0 aliphatic rings. The number of ether oxygens (including phenoxy) is 1. The molecule has 2 rings (SSSR count). The van der Waals surface area contributed by atoms with Gasteiger partial charge in [-0.1, -0.05) is 29.8 Å². The molecule has 0 amide bonds. The minimum absolute atomic E-state index is 0.183. The smallest absolute Gasteiger partial charge is 0.307 e. The summed E-state index contributed by atoms with van der Waals surface area (Å²) in [6.45, 7) is 6.90. The van der Waals surface area contributed by atoms with Crippen molar-refractivity contribution in [2.75, 3.05) is 18.5 Å². The van der Waals surface area contributed by atoms with Gasteiger partial charge in [0.1, 0.15) is 0 Å². The number of thiazole rings is 1. The van der Waals surface area contributed by atoms with Gasteiger partial charge >= 0.3 is 5.97 Å². The predicted molar refractivity (Wildman–Crippen MR) is 86.8 cm³/mol. The molecule has 4 nitrogen and oxygen atoms in total. The molecular weight excluding hydrogens is 284 g/mol. The van der Waals surface area contributed by atoms with Crippen LogP contribution in [0, 0.1) is 13.8 Å². The molecule has 0 aliphatic carbocycles. The van der Waals surface area contributed by atoms with Crippen molar-refractivity contribution in [1.29, 1.82) is 0 Å². The molecule has 0 fully saturated rings. The highest BCUT2D eigenvalue weighted by molar-refractivity contribution is 7.16. The largest absolute Gasteiger partial charge is 0.466 e. The summed E-state index contributed by atoms with van der Waals surface area (Å²) in [5.74, 6) is -0.183. The Hall–Kier alpha value is -1.88. The van der Waals surface area contributed by atoms with Crippen LogP contribution in [-0.4, -0.2) is 24.1 Å². The lowest BCUT2D eigenvalue weighted by Crippen LogP contribution is -2.11. The Bertz CT molecular complexity index is 605. The van der Waals surface area contributed by atoms with Gasteiger partial charge < -0.3 is 10.1 Å². The lowest BCUT2D eigenvalue weighted by molar-refractivity contribution is -0.142. The minimum atomic E-state index is -0.183. The third-order valence-electron chi connectivity index (χ3n) is 3.03. The highest BCUT2D eigenvalue weighted by Gasteiger charge is 2.10. The van der Waals surface area contributed by atoms with Crippen LogP contribution in [0.1, 0.15) is 23.8 Å². The SMILES string of the molecule is CCOC(=O)CCNc1nc(-c2ccc(C)cc2)c(C)s1. The van der Waals surface area contributed by atoms with Gasteiger partial charge in [-0.05, 0) is 20.8 Å². The van der Waals surface area contributed by atoms with Crippen LogP contribution in [-0.2, 0) is 9.53 Å². The van der Waals surface area contributed by atoms with Gasteiger partial charge in [-0.15, -0.1) is 11.3 Å². The molecule has 0 radical (unpaired) electrons. The summed E-state index contributed by atoms with van der Waals surface area (Å²) < 4.78 is 4.89. The summed E-state index contributed by atoms with van der Waals surface area (Å²) in [6, 6.07) is 8.34. The zero-order valence-corrected chi connectivity index (χ0v) is 13.4. The van der Waals surface area contributed by atoms with Crippen LogP contribution in [0.15, 0.2) is 24.3 Å². The number of nitrogens with one attached hydrogen (secondary N) is 1. The molecule has 112 valence electrons. The molecule has 0 spiro atoms. The highest BCUT2D eigenvalue weighted by atomic mass is 32.1. The van der Waals surface area contributed by atoms with Crippen LogP contribution in [0.3, 0.4) is 0 Å². The molecule has 1 aromatic heterocycles. The third kappa shape index (κ3) is 4.29. The van der Waals surface area contributed by atoms with E-state index in [1.165, 1.54) is 5.56 Å². The van der Waals surface area contributed by atoms with Crippen LogP contribution in [0.4, 0.5) is 5.13 Å². The Morgan fingerprint density at radius 2 is 2.00 bits per heavy atom. The van der Waals surface area contributed by atoms with E-state index in [-0.39, 0.29) is 5.97 Å². The number of hydrogen-bond acceptors (Lipinski definition) is 5. The van der Waals surface area contributed by atoms with Crippen LogP contribution in [0.2, 0.25) is 0 Å². The first-order valence-electron chi connectivity index (χ1n) is 7.04. The molecule has 0 atom stereocenters. The molecule has 0 bridgehead atoms. The van der Waals surface area contributed by atoms with E-state index in [9.17, 15) is 4.79 Å². The van der Waals surface area contributed by atoms with Crippen LogP contribution < -0.4 is 5.32 Å². The summed E-state index contributed by atoms with van der Waals surface area (Å²) in [5, 5.41) is 4.02. The van der Waals surface area contributed by atoms with E-state index >= 15 is 0 Å². The molecule has 2 aromatic rings. The Morgan fingerprint density at radius 1 is 1.29 bits per heavy atom. The summed E-state index contributed by atoms with van der Waals surface area (Å²) in [4.78, 5) is 17.1. The van der Waals surface area contributed by atoms with Crippen molar-refractivity contribution in [3.8, 4) is 11.3 Å². The second kappa shape index (κ2) is 7.22. The number of carbonyl (C=O) groups is 1. The quantitative estimate of drug-likeness (QED) is 0.825. The van der Waals surface area contributed by atoms with E-state index in [1.807, 2.05) is 6.92 Å². The second-order valence-corrected chi connectivity index (χ2v) is 5.97. The molecule has 1 aromatic carbocycles. The normalized spacial score (nSPS) is 10.4. The monoisotopic (exact) mass is 304 g/mol. The standard InChI is InChI=1S/C16H20N2O2S/c1-4-20-14(19)9-10-17-16-18-15(12(3)21-16)13-7-5-11(2)6-8-13/h5-8H,4,9-10H2,1-3H3,(H,17,18). The molecule has 1 N–H and O–H groups in total. The summed E-state index contributed by atoms with van der Waals surface area (Å²) >= 11 is 1.60. The van der Waals surface area contributed by atoms with Gasteiger partial charge in [0.05, 0.1) is 18.7 Å². The number of aryl methyl sites for hydroxylation is 2. The fourth-order valence-corrected chi connectivity index (χ4v) is 2.82. The maximum atomic E-state index is 11.3. The first-order valence-corrected chi connectivity index (χ1v) is 7.85. The molecule has 0 unspecified atom stereocenters. The molecular formula is C16H20N2O2S. The fourth-order valence-electron chi connectivity index (χ4n) is 1.96. The van der Waals surface area contributed by atoms with Crippen molar-refractivity contribution < 1.29 is 9.53 Å². The van der Waals surface area contributed by atoms with Crippen molar-refractivity contribution >= 4 is 22.4 Å². The Morgan fingerprint density at radius 3 is 2.67 bits per heavy atom. The Labute approximate surface area is 129 Å². The van der Waals surface area contributed by atoms with E-state index in [4.69, 9.17) is 4.74 Å². The van der Waals surface area contributed by atoms with E-state index in [0.29, 0.717) is 19.6 Å². The number of hydrogen-bond donors (Lipinski definition) is 1. The Balaban J connectivity index is 1.99. The van der Waals surface area contributed by atoms with Gasteiger partial charge in [-0.25, -0.2) is 4.98 Å². The maximum absolute atomic E-state index is 11.3. The molecule has 0 saturated carbocycles.